The van der Waals surface area contributed by atoms with Gasteiger partial charge in [-0.25, -0.2) is 4.98 Å². The Morgan fingerprint density at radius 2 is 2.12 bits per heavy atom. The van der Waals surface area contributed by atoms with Crippen molar-refractivity contribution in [2.45, 2.75) is 0 Å². The zero-order chi connectivity index (χ0) is 18.2. The number of nitrogens with zero attached hydrogens (tertiary/aromatic N) is 2. The summed E-state index contributed by atoms with van der Waals surface area (Å²) in [5.74, 6) is 0. The maximum atomic E-state index is 5.91. The van der Waals surface area contributed by atoms with Crippen LogP contribution < -0.4 is 15.6 Å². The van der Waals surface area contributed by atoms with E-state index in [0.29, 0.717) is 10.1 Å². The van der Waals surface area contributed by atoms with Gasteiger partial charge in [0.1, 0.15) is 18.1 Å². The first-order valence-electron chi connectivity index (χ1n) is 8.40. The summed E-state index contributed by atoms with van der Waals surface area (Å²) in [6.45, 7) is 5.63. The smallest absolute Gasteiger partial charge is 0.187 e. The molecular weight excluding hydrogens is 390 g/mol. The van der Waals surface area contributed by atoms with Crippen molar-refractivity contribution in [1.29, 1.82) is 0 Å². The van der Waals surface area contributed by atoms with Crippen molar-refractivity contribution in [1.82, 2.24) is 15.7 Å². The van der Waals surface area contributed by atoms with Gasteiger partial charge in [-0.2, -0.15) is 5.10 Å². The number of hydrazone groups is 1. The highest BCUT2D eigenvalue weighted by Crippen LogP contribution is 2.24. The van der Waals surface area contributed by atoms with Gasteiger partial charge >= 0.3 is 0 Å². The number of halogens is 1. The Morgan fingerprint density at radius 1 is 1.35 bits per heavy atom. The van der Waals surface area contributed by atoms with Gasteiger partial charge in [0.2, 0.25) is 0 Å². The average Bonchev–Trinajstić information content (AvgIpc) is 3.12. The summed E-state index contributed by atoms with van der Waals surface area (Å²) in [6.07, 6.45) is 1.66. The number of thiocarbonyl (C=S) groups is 1. The van der Waals surface area contributed by atoms with Crippen molar-refractivity contribution in [3.05, 3.63) is 40.4 Å². The summed E-state index contributed by atoms with van der Waals surface area (Å²) in [7, 11) is 0. The van der Waals surface area contributed by atoms with Crippen molar-refractivity contribution in [3.63, 3.8) is 0 Å². The van der Waals surface area contributed by atoms with E-state index in [-0.39, 0.29) is 0 Å². The molecule has 3 rings (SSSR count). The molecule has 0 atom stereocenters. The lowest BCUT2D eigenvalue weighted by atomic mass is 10.2. The Kier molecular flexibility index (Phi) is 7.33. The van der Waals surface area contributed by atoms with E-state index in [2.05, 4.69) is 20.8 Å². The van der Waals surface area contributed by atoms with E-state index >= 15 is 0 Å². The Balaban J connectivity index is 1.40. The van der Waals surface area contributed by atoms with Gasteiger partial charge in [0.05, 0.1) is 38.2 Å². The number of ether oxygens (including phenoxy) is 1. The number of hydrogen-bond donors (Lipinski definition) is 3. The number of thiazole rings is 1. The highest BCUT2D eigenvalue weighted by atomic mass is 35.5. The molecule has 1 aromatic carbocycles. The molecule has 0 radical (unpaired) electrons. The van der Waals surface area contributed by atoms with Gasteiger partial charge in [-0.15, -0.1) is 11.3 Å². The molecule has 138 valence electrons. The Bertz CT molecular complexity index is 744. The van der Waals surface area contributed by atoms with E-state index in [1.807, 2.05) is 29.6 Å². The quantitative estimate of drug-likeness (QED) is 0.379. The minimum absolute atomic E-state index is 0.516. The Morgan fingerprint density at radius 3 is 2.88 bits per heavy atom. The third kappa shape index (κ3) is 6.00. The summed E-state index contributed by atoms with van der Waals surface area (Å²) in [5, 5.41) is 11.4. The molecule has 0 bridgehead atoms. The van der Waals surface area contributed by atoms with Gasteiger partial charge in [0.25, 0.3) is 0 Å². The molecule has 0 saturated carbocycles. The lowest BCUT2D eigenvalue weighted by molar-refractivity contribution is -0.906. The van der Waals surface area contributed by atoms with E-state index in [1.54, 1.807) is 17.6 Å². The number of aromatic nitrogens is 1. The van der Waals surface area contributed by atoms with Gasteiger partial charge < -0.3 is 15.0 Å². The van der Waals surface area contributed by atoms with Crippen molar-refractivity contribution in [2.75, 3.05) is 39.4 Å². The van der Waals surface area contributed by atoms with E-state index in [4.69, 9.17) is 28.6 Å². The largest absolute Gasteiger partial charge is 0.370 e. The number of hydrogen-bond acceptors (Lipinski definition) is 5. The summed E-state index contributed by atoms with van der Waals surface area (Å²) in [5.41, 5.74) is 4.65. The number of benzene rings is 1. The molecule has 0 aliphatic carbocycles. The van der Waals surface area contributed by atoms with E-state index < -0.39 is 0 Å². The van der Waals surface area contributed by atoms with Crippen LogP contribution in [0.3, 0.4) is 0 Å². The molecule has 9 heteroatoms. The molecule has 0 unspecified atom stereocenters. The molecule has 1 fully saturated rings. The number of nitrogens with one attached hydrogen (secondary N) is 3. The van der Waals surface area contributed by atoms with Crippen LogP contribution in [-0.2, 0) is 4.74 Å². The standard InChI is InChI=1S/C17H20ClN5OS2/c18-14-3-1-13(2-4-14)16-21-15(12-26-16)11-20-22-17(25)19-5-6-23-7-9-24-10-8-23/h1-4,11-12H,5-10H2,(H2,19,22,25)/p+1/b20-11-. The molecule has 26 heavy (non-hydrogen) atoms. The molecule has 1 aliphatic rings. The van der Waals surface area contributed by atoms with Crippen LogP contribution in [0.5, 0.6) is 0 Å². The lowest BCUT2D eigenvalue weighted by Gasteiger charge is -2.23. The fraction of sp³-hybridized carbons (Fsp3) is 0.353. The SMILES string of the molecule is S=C(NCC[NH+]1CCOCC1)N/N=C\c1csc(-c2ccc(Cl)cc2)n1. The topological polar surface area (TPSA) is 63.0 Å². The molecule has 6 nitrogen and oxygen atoms in total. The lowest BCUT2D eigenvalue weighted by Crippen LogP contribution is -3.14. The second-order valence-electron chi connectivity index (χ2n) is 5.82. The average molecular weight is 411 g/mol. The van der Waals surface area contributed by atoms with E-state index in [1.165, 1.54) is 4.90 Å². The fourth-order valence-electron chi connectivity index (χ4n) is 2.53. The summed E-state index contributed by atoms with van der Waals surface area (Å²) in [6, 6.07) is 7.62. The normalized spacial score (nSPS) is 15.3. The van der Waals surface area contributed by atoms with Crippen LogP contribution in [0.2, 0.25) is 5.02 Å². The zero-order valence-electron chi connectivity index (χ0n) is 14.2. The van der Waals surface area contributed by atoms with Crippen LogP contribution >= 0.6 is 35.2 Å². The molecule has 0 spiro atoms. The van der Waals surface area contributed by atoms with E-state index in [0.717, 1.165) is 55.7 Å². The molecule has 2 heterocycles. The number of rotatable bonds is 6. The van der Waals surface area contributed by atoms with Crippen LogP contribution in [0.15, 0.2) is 34.7 Å². The van der Waals surface area contributed by atoms with Gasteiger partial charge in [-0.3, -0.25) is 5.43 Å². The molecule has 1 aromatic heterocycles. The van der Waals surface area contributed by atoms with E-state index in [9.17, 15) is 0 Å². The Labute approximate surface area is 167 Å². The molecule has 1 saturated heterocycles. The first-order valence-corrected chi connectivity index (χ1v) is 10.1. The zero-order valence-corrected chi connectivity index (χ0v) is 16.6. The predicted octanol–water partition coefficient (Wildman–Crippen LogP) is 1.18. The molecule has 0 amide bonds. The molecule has 2 aromatic rings. The van der Waals surface area contributed by atoms with Crippen molar-refractivity contribution in [3.8, 4) is 10.6 Å². The van der Waals surface area contributed by atoms with Crippen LogP contribution in [0.25, 0.3) is 10.6 Å². The fourth-order valence-corrected chi connectivity index (χ4v) is 3.59. The van der Waals surface area contributed by atoms with Gasteiger partial charge in [0.15, 0.2) is 5.11 Å². The second kappa shape index (κ2) is 9.94. The summed E-state index contributed by atoms with van der Waals surface area (Å²) in [4.78, 5) is 6.07. The highest BCUT2D eigenvalue weighted by molar-refractivity contribution is 7.80. The third-order valence-electron chi connectivity index (χ3n) is 3.94. The van der Waals surface area contributed by atoms with Gasteiger partial charge in [0, 0.05) is 16.0 Å². The van der Waals surface area contributed by atoms with Crippen molar-refractivity contribution < 1.29 is 9.64 Å². The monoisotopic (exact) mass is 410 g/mol. The van der Waals surface area contributed by atoms with Gasteiger partial charge in [-0.1, -0.05) is 23.7 Å². The van der Waals surface area contributed by atoms with Crippen LogP contribution in [0.4, 0.5) is 0 Å². The van der Waals surface area contributed by atoms with Gasteiger partial charge in [-0.05, 0) is 24.4 Å². The molecule has 1 aliphatic heterocycles. The third-order valence-corrected chi connectivity index (χ3v) is 5.34. The summed E-state index contributed by atoms with van der Waals surface area (Å²) < 4.78 is 5.35. The Hall–Kier alpha value is -1.58. The first-order chi connectivity index (χ1) is 12.7. The van der Waals surface area contributed by atoms with Crippen LogP contribution in [0.1, 0.15) is 5.69 Å². The maximum Gasteiger partial charge on any atom is 0.187 e. The van der Waals surface area contributed by atoms with Crippen LogP contribution in [0, 0.1) is 0 Å². The van der Waals surface area contributed by atoms with Crippen molar-refractivity contribution in [2.24, 2.45) is 5.10 Å². The minimum atomic E-state index is 0.516. The first kappa shape index (κ1) is 19.2. The highest BCUT2D eigenvalue weighted by Gasteiger charge is 2.12. The molecular formula is C17H21ClN5OS2+. The van der Waals surface area contributed by atoms with Crippen molar-refractivity contribution >= 4 is 46.5 Å². The number of quaternary nitrogens is 1. The summed E-state index contributed by atoms with van der Waals surface area (Å²) >= 11 is 12.7. The second-order valence-corrected chi connectivity index (χ2v) is 7.53. The maximum absolute atomic E-state index is 5.91. The predicted molar refractivity (Wildman–Crippen MR) is 110 cm³/mol. The number of morpholine rings is 1. The van der Waals surface area contributed by atoms with Crippen LogP contribution in [-0.4, -0.2) is 55.7 Å². The minimum Gasteiger partial charge on any atom is -0.370 e. The molecule has 3 N–H and O–H groups in total.